The van der Waals surface area contributed by atoms with E-state index in [1.807, 2.05) is 18.4 Å². The summed E-state index contributed by atoms with van der Waals surface area (Å²) in [7, 11) is 0. The average Bonchev–Trinajstić information content (AvgIpc) is 2.93. The van der Waals surface area contributed by atoms with Crippen LogP contribution in [0, 0.1) is 0 Å². The quantitative estimate of drug-likeness (QED) is 0.718. The van der Waals surface area contributed by atoms with Crippen molar-refractivity contribution in [3.63, 3.8) is 0 Å². The molecule has 0 aliphatic carbocycles. The lowest BCUT2D eigenvalue weighted by Gasteiger charge is -2.21. The first kappa shape index (κ1) is 14.4. The van der Waals surface area contributed by atoms with Gasteiger partial charge < -0.3 is 5.11 Å². The van der Waals surface area contributed by atoms with Gasteiger partial charge in [0.15, 0.2) is 5.57 Å². The Labute approximate surface area is 130 Å². The highest BCUT2D eigenvalue weighted by Crippen LogP contribution is 2.26. The number of H-pyrrole nitrogens is 1. The molecule has 0 saturated heterocycles. The highest BCUT2D eigenvalue weighted by molar-refractivity contribution is 7.13. The minimum atomic E-state index is -1.19. The van der Waals surface area contributed by atoms with Crippen LogP contribution in [0.4, 0.5) is 10.8 Å². The molecule has 0 amide bonds. The van der Waals surface area contributed by atoms with Crippen molar-refractivity contribution in [1.29, 1.82) is 0 Å². The molecule has 112 valence electrons. The van der Waals surface area contributed by atoms with Crippen LogP contribution in [0.2, 0.25) is 0 Å². The van der Waals surface area contributed by atoms with E-state index in [2.05, 4.69) is 4.98 Å². The molecule has 22 heavy (non-hydrogen) atoms. The zero-order valence-corrected chi connectivity index (χ0v) is 12.7. The number of nitrogens with one attached hydrogen (secondary N) is 2. The molecule has 7 heteroatoms. The molecule has 0 spiro atoms. The van der Waals surface area contributed by atoms with Gasteiger partial charge in [-0.2, -0.15) is 0 Å². The number of carboxylic acid groups (broad SMARTS) is 1. The Bertz CT molecular complexity index is 810. The summed E-state index contributed by atoms with van der Waals surface area (Å²) in [5, 5.41) is 11.7. The molecule has 0 radical (unpaired) electrons. The number of carbonyl (C=O) groups is 2. The van der Waals surface area contributed by atoms with Crippen LogP contribution in [-0.2, 0) is 4.79 Å². The first-order chi connectivity index (χ1) is 10.5. The maximum Gasteiger partial charge on any atom is 0.345 e. The molecule has 2 aromatic rings. The number of ketones is 1. The average molecular weight is 317 g/mol. The maximum atomic E-state index is 12.3. The fourth-order valence-corrected chi connectivity index (χ4v) is 3.15. The number of aliphatic carboxylic acids is 1. The Kier molecular flexibility index (Phi) is 3.51. The molecule has 0 saturated carbocycles. The fraction of sp³-hybridized carbons (Fsp3) is 0.133. The van der Waals surface area contributed by atoms with Crippen molar-refractivity contribution in [1.82, 2.24) is 0 Å². The van der Waals surface area contributed by atoms with Crippen LogP contribution >= 0.6 is 11.3 Å². The van der Waals surface area contributed by atoms with Crippen LogP contribution in [0.15, 0.2) is 35.4 Å². The summed E-state index contributed by atoms with van der Waals surface area (Å²) < 4.78 is 0. The lowest BCUT2D eigenvalue weighted by atomic mass is 9.96. The van der Waals surface area contributed by atoms with Gasteiger partial charge in [0.2, 0.25) is 5.78 Å². The lowest BCUT2D eigenvalue weighted by Crippen LogP contribution is -3.03. The molecule has 0 fully saturated rings. The number of benzene rings is 1. The van der Waals surface area contributed by atoms with Crippen molar-refractivity contribution in [3.05, 3.63) is 40.9 Å². The second kappa shape index (κ2) is 5.36. The Balaban J connectivity index is 2.11. The van der Waals surface area contributed by atoms with E-state index in [1.54, 1.807) is 12.1 Å². The summed E-state index contributed by atoms with van der Waals surface area (Å²) in [6.45, 7) is 2.59. The first-order valence-corrected chi connectivity index (χ1v) is 7.65. The summed E-state index contributed by atoms with van der Waals surface area (Å²) in [6, 6.07) is 5.38. The van der Waals surface area contributed by atoms with E-state index in [-0.39, 0.29) is 5.57 Å². The topological polar surface area (TPSA) is 99.0 Å². The number of fused-ring (bicyclic) bond motifs is 1. The van der Waals surface area contributed by atoms with Crippen molar-refractivity contribution in [3.8, 4) is 11.3 Å². The number of nitrogens with two attached hydrogens (primary N) is 1. The number of hydrogen-bond acceptors (Lipinski definition) is 4. The number of carbonyl (C=O) groups excluding carboxylic acids is 1. The van der Waals surface area contributed by atoms with Crippen LogP contribution in [-0.4, -0.2) is 23.4 Å². The van der Waals surface area contributed by atoms with Gasteiger partial charge in [-0.25, -0.2) is 9.78 Å². The molecule has 3 rings (SSSR count). The predicted molar refractivity (Wildman–Crippen MR) is 81.9 cm³/mol. The number of thiazole rings is 1. The molecule has 1 aliphatic rings. The van der Waals surface area contributed by atoms with Gasteiger partial charge >= 0.3 is 11.1 Å². The number of anilines is 1. The number of aromatic amines is 1. The Morgan fingerprint density at radius 2 is 2.23 bits per heavy atom. The smallest absolute Gasteiger partial charge is 0.345 e. The molecule has 1 atom stereocenters. The largest absolute Gasteiger partial charge is 0.477 e. The van der Waals surface area contributed by atoms with Crippen molar-refractivity contribution in [2.45, 2.75) is 6.92 Å². The van der Waals surface area contributed by atoms with Crippen molar-refractivity contribution in [2.24, 2.45) is 0 Å². The van der Waals surface area contributed by atoms with Crippen LogP contribution in [0.1, 0.15) is 17.3 Å². The van der Waals surface area contributed by atoms with E-state index in [0.717, 1.165) is 21.8 Å². The number of quaternary nitrogens is 1. The van der Waals surface area contributed by atoms with Gasteiger partial charge in [-0.1, -0.05) is 11.3 Å². The maximum absolute atomic E-state index is 12.3. The summed E-state index contributed by atoms with van der Waals surface area (Å²) in [5.41, 5.74) is 8.54. The molecular weight excluding hydrogens is 302 g/mol. The van der Waals surface area contributed by atoms with Crippen molar-refractivity contribution >= 4 is 33.9 Å². The molecule has 1 aromatic heterocycles. The van der Waals surface area contributed by atoms with Crippen molar-refractivity contribution < 1.29 is 24.6 Å². The number of aromatic nitrogens is 1. The summed E-state index contributed by atoms with van der Waals surface area (Å²) in [4.78, 5) is 27.4. The van der Waals surface area contributed by atoms with E-state index in [4.69, 9.17) is 10.8 Å². The van der Waals surface area contributed by atoms with E-state index in [0.29, 0.717) is 17.2 Å². The molecule has 2 heterocycles. The zero-order valence-electron chi connectivity index (χ0n) is 11.8. The Morgan fingerprint density at radius 1 is 1.45 bits per heavy atom. The standard InChI is InChI=1S/C15H13N3O3S/c1-2-18-6-10(14(20)21)13(19)9-4-3-8(5-12(9)18)11-7-22-15(16)17-11/h3-7H,2H2,1H3,(H2,16,17)(H,20,21)/p+2. The van der Waals surface area contributed by atoms with Gasteiger partial charge in [-0.05, 0) is 19.1 Å². The second-order valence-electron chi connectivity index (χ2n) is 4.97. The van der Waals surface area contributed by atoms with Crippen LogP contribution in [0.5, 0.6) is 0 Å². The van der Waals surface area contributed by atoms with Gasteiger partial charge in [-0.15, -0.1) is 0 Å². The predicted octanol–water partition coefficient (Wildman–Crippen LogP) is 0.513. The van der Waals surface area contributed by atoms with Gasteiger partial charge in [-0.3, -0.25) is 15.4 Å². The third-order valence-corrected chi connectivity index (χ3v) is 4.37. The molecule has 1 aromatic carbocycles. The monoisotopic (exact) mass is 317 g/mol. The summed E-state index contributed by atoms with van der Waals surface area (Å²) in [5.74, 6) is -1.63. The van der Waals surface area contributed by atoms with Crippen LogP contribution < -0.4 is 15.6 Å². The molecule has 1 aliphatic heterocycles. The molecule has 0 bridgehead atoms. The van der Waals surface area contributed by atoms with Crippen LogP contribution in [0.25, 0.3) is 11.3 Å². The van der Waals surface area contributed by atoms with E-state index in [1.165, 1.54) is 17.5 Å². The second-order valence-corrected chi connectivity index (χ2v) is 5.88. The first-order valence-electron chi connectivity index (χ1n) is 6.78. The number of nitrogen functional groups attached to an aromatic ring is 1. The third kappa shape index (κ3) is 2.30. The van der Waals surface area contributed by atoms with Crippen LogP contribution in [0.3, 0.4) is 0 Å². The van der Waals surface area contributed by atoms with Gasteiger partial charge in [0.25, 0.3) is 0 Å². The zero-order chi connectivity index (χ0) is 15.9. The molecule has 5 N–H and O–H groups in total. The number of Topliss-reactive ketones (excluding diaryl/α,β-unsaturated/α-hetero) is 1. The highest BCUT2D eigenvalue weighted by atomic mass is 32.1. The number of carboxylic acids is 1. The van der Waals surface area contributed by atoms with Gasteiger partial charge in [0.05, 0.1) is 12.1 Å². The number of rotatable bonds is 3. The molecular formula is C15H15N3O3S+2. The minimum absolute atomic E-state index is 0.177. The van der Waals surface area contributed by atoms with E-state index < -0.39 is 11.8 Å². The van der Waals surface area contributed by atoms with E-state index >= 15 is 0 Å². The third-order valence-electron chi connectivity index (χ3n) is 3.66. The minimum Gasteiger partial charge on any atom is -0.477 e. The molecule has 6 nitrogen and oxygen atoms in total. The van der Waals surface area contributed by atoms with E-state index in [9.17, 15) is 9.59 Å². The van der Waals surface area contributed by atoms with Crippen molar-refractivity contribution in [2.75, 3.05) is 12.3 Å². The van der Waals surface area contributed by atoms with Gasteiger partial charge in [0, 0.05) is 17.0 Å². The lowest BCUT2D eigenvalue weighted by molar-refractivity contribution is -0.773. The number of hydrogen-bond donors (Lipinski definition) is 3. The molecule has 1 unspecified atom stereocenters. The SMILES string of the molecule is CC[NH+]1C=C(C(=O)O)C(=O)c2ccc(-c3csc(N)[nH+]3)cc21. The Morgan fingerprint density at radius 3 is 2.82 bits per heavy atom. The Hall–Kier alpha value is -2.51. The van der Waals surface area contributed by atoms with Gasteiger partial charge in [0.1, 0.15) is 17.6 Å². The highest BCUT2D eigenvalue weighted by Gasteiger charge is 2.33. The fourth-order valence-electron chi connectivity index (χ4n) is 2.54. The normalized spacial score (nSPS) is 17.0. The summed E-state index contributed by atoms with van der Waals surface area (Å²) >= 11 is 1.41. The summed E-state index contributed by atoms with van der Waals surface area (Å²) in [6.07, 6.45) is 1.47.